The lowest BCUT2D eigenvalue weighted by atomic mass is 10.1. The number of nitrogens with zero attached hydrogens (tertiary/aromatic N) is 1. The number of aliphatic hydroxyl groups excluding tert-OH is 1. The van der Waals surface area contributed by atoms with Gasteiger partial charge in [0.1, 0.15) is 12.9 Å². The SMILES string of the molecule is C=CCC.CC.O=CCCC(=O)N1CCCC(NC(=O)CO)C1.[HH]. The van der Waals surface area contributed by atoms with E-state index in [1.54, 1.807) is 4.90 Å². The molecule has 1 saturated heterocycles. The van der Waals surface area contributed by atoms with Crippen LogP contribution >= 0.6 is 0 Å². The second-order valence-electron chi connectivity index (χ2n) is 4.81. The summed E-state index contributed by atoms with van der Waals surface area (Å²) >= 11 is 0. The number of carbonyl (C=O) groups is 3. The third-order valence-corrected chi connectivity index (χ3v) is 3.05. The van der Waals surface area contributed by atoms with Gasteiger partial charge in [-0.2, -0.15) is 0 Å². The molecule has 0 aromatic carbocycles. The minimum absolute atomic E-state index is 0. The number of hydrogen-bond donors (Lipinski definition) is 2. The molecule has 2 amide bonds. The molecule has 0 bridgehead atoms. The largest absolute Gasteiger partial charge is 0.387 e. The van der Waals surface area contributed by atoms with Crippen LogP contribution in [0.5, 0.6) is 0 Å². The first-order valence-corrected chi connectivity index (χ1v) is 8.31. The highest BCUT2D eigenvalue weighted by Crippen LogP contribution is 2.11. The van der Waals surface area contributed by atoms with Crippen LogP contribution in [0, 0.1) is 0 Å². The van der Waals surface area contributed by atoms with Crippen molar-refractivity contribution in [2.24, 2.45) is 0 Å². The van der Waals surface area contributed by atoms with Crippen molar-refractivity contribution in [1.82, 2.24) is 10.2 Å². The first kappa shape index (κ1) is 23.6. The van der Waals surface area contributed by atoms with E-state index in [1.807, 2.05) is 19.9 Å². The minimum Gasteiger partial charge on any atom is -0.387 e. The number of amides is 2. The fourth-order valence-electron chi connectivity index (χ4n) is 1.94. The zero-order valence-electron chi connectivity index (χ0n) is 14.7. The van der Waals surface area contributed by atoms with Gasteiger partial charge in [0.2, 0.25) is 11.8 Å². The average molecular weight is 330 g/mol. The molecule has 23 heavy (non-hydrogen) atoms. The van der Waals surface area contributed by atoms with Gasteiger partial charge in [-0.05, 0) is 19.3 Å². The van der Waals surface area contributed by atoms with Crippen molar-refractivity contribution < 1.29 is 20.9 Å². The van der Waals surface area contributed by atoms with Crippen molar-refractivity contribution >= 4 is 18.1 Å². The maximum atomic E-state index is 11.7. The molecule has 2 N–H and O–H groups in total. The monoisotopic (exact) mass is 330 g/mol. The standard InChI is InChI=1S/C11H18N2O4.C4H8.C2H6.H2/c14-6-2-4-11(17)13-5-1-3-9(7-13)12-10(16)8-15;1-3-4-2;1-2;/h6,9,15H,1-5,7-8H2,(H,12,16);3H,1,4H2,2H3;1-2H3;1H. The average Bonchev–Trinajstić information content (AvgIpc) is 2.61. The van der Waals surface area contributed by atoms with E-state index >= 15 is 0 Å². The Morgan fingerprint density at radius 2 is 2.04 bits per heavy atom. The van der Waals surface area contributed by atoms with Gasteiger partial charge in [0, 0.05) is 33.4 Å². The molecule has 1 unspecified atom stereocenters. The maximum Gasteiger partial charge on any atom is 0.245 e. The molecule has 0 aromatic rings. The third kappa shape index (κ3) is 12.5. The van der Waals surface area contributed by atoms with Crippen molar-refractivity contribution in [3.8, 4) is 0 Å². The summed E-state index contributed by atoms with van der Waals surface area (Å²) in [6, 6.07) is -0.0939. The number of nitrogens with one attached hydrogen (secondary N) is 1. The minimum atomic E-state index is -0.532. The summed E-state index contributed by atoms with van der Waals surface area (Å²) in [5.41, 5.74) is 0. The van der Waals surface area contributed by atoms with Gasteiger partial charge in [-0.15, -0.1) is 6.58 Å². The summed E-state index contributed by atoms with van der Waals surface area (Å²) in [5.74, 6) is -0.475. The Morgan fingerprint density at radius 3 is 2.52 bits per heavy atom. The lowest BCUT2D eigenvalue weighted by molar-refractivity contribution is -0.134. The molecule has 0 aromatic heterocycles. The van der Waals surface area contributed by atoms with Crippen LogP contribution in [0.4, 0.5) is 0 Å². The van der Waals surface area contributed by atoms with Crippen LogP contribution in [0.2, 0.25) is 0 Å². The number of piperidine rings is 1. The lowest BCUT2D eigenvalue weighted by Gasteiger charge is -2.33. The normalized spacial score (nSPS) is 16.0. The molecule has 0 saturated carbocycles. The Morgan fingerprint density at radius 1 is 1.43 bits per heavy atom. The van der Waals surface area contributed by atoms with Crippen molar-refractivity contribution in [2.45, 2.75) is 58.9 Å². The Balaban J connectivity index is -0.000000551. The van der Waals surface area contributed by atoms with E-state index < -0.39 is 12.5 Å². The topological polar surface area (TPSA) is 86.7 Å². The highest BCUT2D eigenvalue weighted by Gasteiger charge is 2.23. The zero-order chi connectivity index (χ0) is 18.1. The van der Waals surface area contributed by atoms with Crippen LogP contribution in [0.15, 0.2) is 12.7 Å². The predicted molar refractivity (Wildman–Crippen MR) is 94.1 cm³/mol. The van der Waals surface area contributed by atoms with E-state index in [2.05, 4.69) is 18.8 Å². The van der Waals surface area contributed by atoms with Gasteiger partial charge in [0.25, 0.3) is 0 Å². The van der Waals surface area contributed by atoms with Gasteiger partial charge in [-0.1, -0.05) is 26.8 Å². The molecule has 1 atom stereocenters. The summed E-state index contributed by atoms with van der Waals surface area (Å²) in [5, 5.41) is 11.3. The number of hydrogen-bond acceptors (Lipinski definition) is 4. The van der Waals surface area contributed by atoms with Crippen LogP contribution < -0.4 is 5.32 Å². The molecule has 1 aliphatic heterocycles. The molecule has 0 aliphatic carbocycles. The van der Waals surface area contributed by atoms with E-state index in [1.165, 1.54) is 0 Å². The Kier molecular flexibility index (Phi) is 17.1. The van der Waals surface area contributed by atoms with Crippen LogP contribution in [-0.4, -0.2) is 53.8 Å². The van der Waals surface area contributed by atoms with Crippen molar-refractivity contribution in [3.05, 3.63) is 12.7 Å². The number of likely N-dealkylation sites (tertiary alicyclic amines) is 1. The molecular weight excluding hydrogens is 296 g/mol. The molecule has 1 aliphatic rings. The van der Waals surface area contributed by atoms with Gasteiger partial charge in [-0.3, -0.25) is 9.59 Å². The quantitative estimate of drug-likeness (QED) is 0.575. The molecule has 136 valence electrons. The van der Waals surface area contributed by atoms with Gasteiger partial charge in [0.15, 0.2) is 0 Å². The second kappa shape index (κ2) is 16.7. The van der Waals surface area contributed by atoms with Gasteiger partial charge in [-0.25, -0.2) is 0 Å². The Hall–Kier alpha value is -1.69. The number of allylic oxidation sites excluding steroid dienone is 1. The first-order chi connectivity index (χ1) is 11.1. The summed E-state index contributed by atoms with van der Waals surface area (Å²) in [6.07, 6.45) is 5.78. The number of aldehydes is 1. The fraction of sp³-hybridized carbons (Fsp3) is 0.706. The van der Waals surface area contributed by atoms with Crippen LogP contribution in [0.1, 0.15) is 54.3 Å². The maximum absolute atomic E-state index is 11.7. The molecule has 1 fully saturated rings. The molecule has 1 heterocycles. The lowest BCUT2D eigenvalue weighted by Crippen LogP contribution is -2.50. The molecule has 0 spiro atoms. The van der Waals surface area contributed by atoms with E-state index in [0.717, 1.165) is 25.5 Å². The van der Waals surface area contributed by atoms with Gasteiger partial charge >= 0.3 is 0 Å². The summed E-state index contributed by atoms with van der Waals surface area (Å²) < 4.78 is 0. The first-order valence-electron chi connectivity index (χ1n) is 8.31. The second-order valence-corrected chi connectivity index (χ2v) is 4.81. The Labute approximate surface area is 141 Å². The highest BCUT2D eigenvalue weighted by atomic mass is 16.3. The number of carbonyl (C=O) groups excluding carboxylic acids is 3. The highest BCUT2D eigenvalue weighted by molar-refractivity contribution is 5.79. The molecule has 6 nitrogen and oxygen atoms in total. The molecular formula is C17H34N2O4. The zero-order valence-corrected chi connectivity index (χ0v) is 14.7. The van der Waals surface area contributed by atoms with E-state index in [-0.39, 0.29) is 26.2 Å². The van der Waals surface area contributed by atoms with Crippen LogP contribution in [0.3, 0.4) is 0 Å². The summed E-state index contributed by atoms with van der Waals surface area (Å²) in [7, 11) is 0. The van der Waals surface area contributed by atoms with E-state index in [4.69, 9.17) is 5.11 Å². The van der Waals surface area contributed by atoms with Crippen LogP contribution in [-0.2, 0) is 14.4 Å². The smallest absolute Gasteiger partial charge is 0.245 e. The fourth-order valence-corrected chi connectivity index (χ4v) is 1.94. The number of aliphatic hydroxyl groups is 1. The van der Waals surface area contributed by atoms with Crippen molar-refractivity contribution in [3.63, 3.8) is 0 Å². The van der Waals surface area contributed by atoms with Crippen molar-refractivity contribution in [1.29, 1.82) is 0 Å². The number of rotatable bonds is 6. The third-order valence-electron chi connectivity index (χ3n) is 3.05. The van der Waals surface area contributed by atoms with E-state index in [0.29, 0.717) is 13.1 Å². The van der Waals surface area contributed by atoms with Crippen molar-refractivity contribution in [2.75, 3.05) is 19.7 Å². The predicted octanol–water partition coefficient (Wildman–Crippen LogP) is 1.92. The molecule has 6 heteroatoms. The molecule has 0 radical (unpaired) electrons. The van der Waals surface area contributed by atoms with Gasteiger partial charge < -0.3 is 20.1 Å². The summed E-state index contributed by atoms with van der Waals surface area (Å²) in [4.78, 5) is 34.5. The van der Waals surface area contributed by atoms with Gasteiger partial charge in [0.05, 0.1) is 0 Å². The van der Waals surface area contributed by atoms with Crippen LogP contribution in [0.25, 0.3) is 0 Å². The Bertz CT molecular complexity index is 351. The molecule has 1 rings (SSSR count). The summed E-state index contributed by atoms with van der Waals surface area (Å²) in [6.45, 7) is 10.1. The van der Waals surface area contributed by atoms with E-state index in [9.17, 15) is 14.4 Å².